The second kappa shape index (κ2) is 39.9. The molecule has 147 heavy (non-hydrogen) atoms. The van der Waals surface area contributed by atoms with Gasteiger partial charge in [0.25, 0.3) is 5.91 Å². The van der Waals surface area contributed by atoms with Crippen LogP contribution in [0.25, 0.3) is 224 Å². The number of anilines is 3. The van der Waals surface area contributed by atoms with Crippen molar-refractivity contribution in [3.8, 4) is 136 Å². The molecular formula is C109H82N36O2. The summed E-state index contributed by atoms with van der Waals surface area (Å²) in [4.78, 5) is 131. The molecule has 0 saturated carbocycles. The largest absolute Gasteiger partial charge is 0.382 e. The number of hydrogen-bond donors (Lipinski definition) is 11. The second-order valence-corrected chi connectivity index (χ2v) is 34.8. The number of benzene rings is 2. The van der Waals surface area contributed by atoms with Crippen LogP contribution in [0, 0.1) is 0 Å². The smallest absolute Gasteiger partial charge is 0.255 e. The van der Waals surface area contributed by atoms with Crippen molar-refractivity contribution >= 4 is 117 Å². The number of pyridine rings is 16. The number of rotatable bonds is 21. The van der Waals surface area contributed by atoms with E-state index in [2.05, 4.69) is 199 Å². The van der Waals surface area contributed by atoms with Crippen LogP contribution < -0.4 is 16.0 Å². The van der Waals surface area contributed by atoms with Gasteiger partial charge in [-0.3, -0.25) is 89.8 Å². The Balaban J connectivity index is 0.000000108. The van der Waals surface area contributed by atoms with Crippen LogP contribution in [0.2, 0.25) is 0 Å². The van der Waals surface area contributed by atoms with Crippen molar-refractivity contribution in [2.75, 3.05) is 30.0 Å². The highest BCUT2D eigenvalue weighted by molar-refractivity contribution is 6.06. The average molecular weight is 1930 g/mol. The van der Waals surface area contributed by atoms with Crippen LogP contribution >= 0.6 is 0 Å². The summed E-state index contributed by atoms with van der Waals surface area (Å²) >= 11 is 0. The van der Waals surface area contributed by atoms with Gasteiger partial charge in [0, 0.05) is 196 Å². The Morgan fingerprint density at radius 3 is 1.10 bits per heavy atom. The molecule has 26 aromatic rings. The van der Waals surface area contributed by atoms with Crippen LogP contribution in [0.15, 0.2) is 331 Å². The van der Waals surface area contributed by atoms with E-state index in [0.717, 1.165) is 190 Å². The van der Waals surface area contributed by atoms with Crippen molar-refractivity contribution in [1.82, 2.24) is 165 Å². The van der Waals surface area contributed by atoms with Gasteiger partial charge in [-0.2, -0.15) is 20.4 Å². The Bertz CT molecular complexity index is 9070. The number of imidazole rings is 4. The van der Waals surface area contributed by atoms with Crippen LogP contribution in [0.3, 0.4) is 0 Å². The van der Waals surface area contributed by atoms with Gasteiger partial charge in [0.05, 0.1) is 127 Å². The van der Waals surface area contributed by atoms with Crippen LogP contribution in [-0.4, -0.2) is 197 Å². The first-order chi connectivity index (χ1) is 72.2. The summed E-state index contributed by atoms with van der Waals surface area (Å²) in [7, 11) is 4.08. The number of carbonyl (C=O) groups is 2. The van der Waals surface area contributed by atoms with E-state index in [9.17, 15) is 9.59 Å². The molecule has 0 unspecified atom stereocenters. The van der Waals surface area contributed by atoms with E-state index < -0.39 is 0 Å². The Kier molecular flexibility index (Phi) is 24.5. The lowest BCUT2D eigenvalue weighted by Crippen LogP contribution is -2.14. The van der Waals surface area contributed by atoms with E-state index in [1.165, 1.54) is 0 Å². The summed E-state index contributed by atoms with van der Waals surface area (Å²) < 4.78 is 0. The minimum Gasteiger partial charge on any atom is -0.382 e. The Hall–Kier alpha value is -20.7. The molecule has 710 valence electrons. The standard InChI is InChI=1S/C30H21N9O.C29H19N9O.2C25H21N9/c40-26(10-18-6-2-1-3-7-18)35-21-11-19(13-31-15-21)20-12-22-28(38-39-29(22)34-14-20)30-36-25-17-32-16-23(27(25)37-30)24-8-4-5-9-33-24;39-29(17-6-2-1-3-7-17)34-20-10-18(12-30-14-20)19-11-21-26(37-38-27(21)33-13-19)28-35-24-16-31-15-22(25(24)36-28)23-8-4-5-9-32-23;1-34(2)14-15-7-16(10-26-9-15)17-8-18-23(32-33-24(18)29-11-17)25-30-21-13-27-12-19(22(21)31-25)20-5-3-4-6-28-20;1-14(2)30-17-7-15(9-26-11-17)16-8-18-23(33-34-24(18)29-10-16)25-31-21-13-27-12-19(22(21)32-25)20-5-3-4-6-28-20/h1-9,11-17H,10H2,(H,35,40)(H,36,37)(H,34,38,39);1-16H,(H,34,39)(H,35,36)(H,33,37,38);3-13H,14H2,1-2H3,(H,30,31)(H,29,32,33);3-14,30H,1-2H3,(H,31,32)(H,29,33,34). The van der Waals surface area contributed by atoms with Crippen molar-refractivity contribution in [2.24, 2.45) is 0 Å². The highest BCUT2D eigenvalue weighted by Crippen LogP contribution is 2.39. The third-order valence-electron chi connectivity index (χ3n) is 24.0. The minimum atomic E-state index is -0.204. The van der Waals surface area contributed by atoms with Crippen molar-refractivity contribution in [1.29, 1.82) is 0 Å². The maximum Gasteiger partial charge on any atom is 0.255 e. The molecular weight excluding hydrogens is 1850 g/mol. The van der Waals surface area contributed by atoms with Gasteiger partial charge in [-0.15, -0.1) is 0 Å². The van der Waals surface area contributed by atoms with Crippen LogP contribution in [0.5, 0.6) is 0 Å². The normalized spacial score (nSPS) is 11.4. The summed E-state index contributed by atoms with van der Waals surface area (Å²) in [6, 6.07) is 58.1. The Labute approximate surface area is 833 Å². The number of amides is 2. The summed E-state index contributed by atoms with van der Waals surface area (Å²) in [6.45, 7) is 5.01. The molecule has 11 N–H and O–H groups in total. The highest BCUT2D eigenvalue weighted by atomic mass is 16.2. The number of nitrogens with zero attached hydrogens (tertiary/aromatic N) is 25. The second-order valence-electron chi connectivity index (χ2n) is 34.8. The lowest BCUT2D eigenvalue weighted by Gasteiger charge is -2.10. The maximum atomic E-state index is 12.6. The average Bonchev–Trinajstić information content (AvgIpc) is 1.63. The fraction of sp³-hybridized carbons (Fsp3) is 0.0642. The van der Waals surface area contributed by atoms with Gasteiger partial charge in [-0.1, -0.05) is 72.8 Å². The van der Waals surface area contributed by atoms with Gasteiger partial charge in [-0.05, 0) is 148 Å². The van der Waals surface area contributed by atoms with E-state index in [1.54, 1.807) is 124 Å². The van der Waals surface area contributed by atoms with Gasteiger partial charge in [-0.25, -0.2) is 39.9 Å². The number of nitrogens with one attached hydrogen (secondary N) is 11. The molecule has 0 aliphatic heterocycles. The molecule has 2 amide bonds. The molecule has 0 radical (unpaired) electrons. The molecule has 26 rings (SSSR count). The molecule has 0 fully saturated rings. The monoisotopic (exact) mass is 1930 g/mol. The highest BCUT2D eigenvalue weighted by Gasteiger charge is 2.25. The fourth-order valence-electron chi connectivity index (χ4n) is 17.2. The number of aromatic nitrogens is 32. The lowest BCUT2D eigenvalue weighted by molar-refractivity contribution is -0.115. The van der Waals surface area contributed by atoms with E-state index in [0.29, 0.717) is 80.3 Å². The lowest BCUT2D eigenvalue weighted by atomic mass is 10.1. The van der Waals surface area contributed by atoms with Gasteiger partial charge < -0.3 is 40.8 Å². The van der Waals surface area contributed by atoms with Crippen molar-refractivity contribution in [3.63, 3.8) is 0 Å². The van der Waals surface area contributed by atoms with E-state index >= 15 is 0 Å². The molecule has 0 atom stereocenters. The molecule has 2 aromatic carbocycles. The first kappa shape index (κ1) is 90.2. The fourth-order valence-corrected chi connectivity index (χ4v) is 17.2. The van der Waals surface area contributed by atoms with Gasteiger partial charge in [0.15, 0.2) is 45.9 Å². The third-order valence-corrected chi connectivity index (χ3v) is 24.0. The molecule has 24 aromatic heterocycles. The van der Waals surface area contributed by atoms with Crippen LogP contribution in [-0.2, 0) is 17.8 Å². The summed E-state index contributed by atoms with van der Waals surface area (Å²) in [5.74, 6) is 2.21. The number of fused-ring (bicyclic) bond motifs is 8. The molecule has 0 spiro atoms. The predicted octanol–water partition coefficient (Wildman–Crippen LogP) is 19.4. The molecule has 0 bridgehead atoms. The van der Waals surface area contributed by atoms with Gasteiger partial charge >= 0.3 is 0 Å². The van der Waals surface area contributed by atoms with Gasteiger partial charge in [0.1, 0.15) is 44.8 Å². The molecule has 0 aliphatic carbocycles. The molecule has 0 aliphatic rings. The number of aromatic amines is 8. The van der Waals surface area contributed by atoms with E-state index in [1.807, 2.05) is 197 Å². The molecule has 38 heteroatoms. The molecule has 38 nitrogen and oxygen atoms in total. The topological polar surface area (TPSA) is 509 Å². The first-order valence-corrected chi connectivity index (χ1v) is 46.6. The number of hydrogen-bond acceptors (Lipinski definition) is 28. The van der Waals surface area contributed by atoms with Crippen molar-refractivity contribution in [2.45, 2.75) is 32.9 Å². The predicted molar refractivity (Wildman–Crippen MR) is 562 cm³/mol. The number of carbonyl (C=O) groups excluding carboxylic acids is 2. The summed E-state index contributed by atoms with van der Waals surface area (Å²) in [5.41, 5.74) is 30.2. The van der Waals surface area contributed by atoms with Crippen molar-refractivity contribution in [3.05, 3.63) is 347 Å². The Morgan fingerprint density at radius 1 is 0.320 bits per heavy atom. The summed E-state index contributed by atoms with van der Waals surface area (Å²) in [6.07, 6.45) is 42.6. The zero-order valence-electron chi connectivity index (χ0n) is 78.7. The van der Waals surface area contributed by atoms with Crippen LogP contribution in [0.4, 0.5) is 17.1 Å². The zero-order valence-corrected chi connectivity index (χ0v) is 78.7. The van der Waals surface area contributed by atoms with Gasteiger partial charge in [0.2, 0.25) is 5.91 Å². The number of H-pyrrole nitrogens is 8. The third kappa shape index (κ3) is 19.2. The maximum absolute atomic E-state index is 12.6. The van der Waals surface area contributed by atoms with E-state index in [4.69, 9.17) is 19.9 Å². The summed E-state index contributed by atoms with van der Waals surface area (Å²) in [5, 5.41) is 42.5. The SMILES string of the molecule is CC(C)Nc1cncc(-c2cnc3n[nH]c(-c4nc5c(-c6ccccn6)cncc5[nH]4)c3c2)c1.CN(C)Cc1cncc(-c2cnc3n[nH]c(-c4nc5c(-c6ccccn6)cncc5[nH]4)c3c2)c1.O=C(Cc1ccccc1)Nc1cncc(-c2cnc3n[nH]c(-c4nc5c(-c6ccccn6)cncc5[nH]4)c3c2)c1.O=C(Nc1cncc(-c2cnc3[nH]nc(-c4nc5c(-c6ccccn6)cncc5[nH]4)c3c2)c1)c1ccccc1. The van der Waals surface area contributed by atoms with Crippen LogP contribution in [0.1, 0.15) is 35.3 Å². The van der Waals surface area contributed by atoms with E-state index in [-0.39, 0.29) is 18.2 Å². The minimum absolute atomic E-state index is 0.111. The molecule has 24 heterocycles. The molecule has 0 saturated heterocycles. The first-order valence-electron chi connectivity index (χ1n) is 46.6. The zero-order chi connectivity index (χ0) is 99.2. The Morgan fingerprint density at radius 2 is 0.680 bits per heavy atom. The van der Waals surface area contributed by atoms with Crippen molar-refractivity contribution < 1.29 is 9.59 Å². The quantitative estimate of drug-likeness (QED) is 0.0318.